The molecule has 6 heterocycles. The standard InChI is InChI=1S/C48H56N4S4/c1-9-12-14-16-25-47(4,5)42-24-18-32(30-50-42)39-21-23-41(56-39)40-22-20-38(55-40)31-17-19-37(49-29-31)43-33-27-36-34(28-35(33)45(53)51(43)7)44(52(8)46(36)54)48(6,11-3)26-15-13-10-2/h17-24,27-30H,9-16,25-26H2,1-8H3. The van der Waals surface area contributed by atoms with Gasteiger partial charge in [-0.25, -0.2) is 0 Å². The summed E-state index contributed by atoms with van der Waals surface area (Å²) in [6.07, 6.45) is 16.3. The first-order valence-corrected chi connectivity index (χ1v) is 23.0. The van der Waals surface area contributed by atoms with Crippen molar-refractivity contribution in [2.24, 2.45) is 5.41 Å². The van der Waals surface area contributed by atoms with Crippen molar-refractivity contribution < 1.29 is 0 Å². The molecule has 0 amide bonds. The quantitative estimate of drug-likeness (QED) is 0.0729. The summed E-state index contributed by atoms with van der Waals surface area (Å²) in [5.74, 6) is 0. The van der Waals surface area contributed by atoms with E-state index in [0.29, 0.717) is 0 Å². The van der Waals surface area contributed by atoms with E-state index in [9.17, 15) is 0 Å². The molecule has 2 aliphatic rings. The van der Waals surface area contributed by atoms with Gasteiger partial charge in [0.2, 0.25) is 0 Å². The Labute approximate surface area is 353 Å². The van der Waals surface area contributed by atoms with E-state index in [0.717, 1.165) is 56.1 Å². The fraction of sp³-hybridized carbons (Fsp3) is 0.417. The summed E-state index contributed by atoms with van der Waals surface area (Å²) >= 11 is 15.8. The van der Waals surface area contributed by atoms with E-state index in [-0.39, 0.29) is 10.8 Å². The molecule has 1 aromatic carbocycles. The summed E-state index contributed by atoms with van der Waals surface area (Å²) in [5.41, 5.74) is 9.13. The Morgan fingerprint density at radius 1 is 0.607 bits per heavy atom. The van der Waals surface area contributed by atoms with Crippen molar-refractivity contribution in [1.29, 1.82) is 0 Å². The van der Waals surface area contributed by atoms with Gasteiger partial charge in [-0.05, 0) is 73.9 Å². The molecule has 0 bridgehead atoms. The van der Waals surface area contributed by atoms with Gasteiger partial charge in [-0.3, -0.25) is 9.97 Å². The van der Waals surface area contributed by atoms with Crippen LogP contribution in [0.25, 0.3) is 42.0 Å². The average Bonchev–Trinajstić information content (AvgIpc) is 3.99. The SMILES string of the molecule is CCCCCCC(C)(C)c1ccc(-c2ccc(-c3ccc(-c4ccc(C5=c6cc7c(cc6C(=S)N5C)=C(C(C)(CC)CCCCC)N(C)C7=S)nc4)s3)s2)cn1. The van der Waals surface area contributed by atoms with Crippen LogP contribution >= 0.6 is 47.1 Å². The highest BCUT2D eigenvalue weighted by Gasteiger charge is 2.37. The van der Waals surface area contributed by atoms with Gasteiger partial charge in [-0.1, -0.05) is 117 Å². The van der Waals surface area contributed by atoms with Crippen molar-refractivity contribution in [3.05, 3.63) is 106 Å². The third-order valence-corrected chi connectivity index (χ3v) is 15.7. The van der Waals surface area contributed by atoms with Crippen LogP contribution < -0.4 is 10.4 Å². The van der Waals surface area contributed by atoms with Crippen molar-refractivity contribution in [3.8, 4) is 30.6 Å². The van der Waals surface area contributed by atoms with Crippen LogP contribution in [0.2, 0.25) is 0 Å². The smallest absolute Gasteiger partial charge is 0.114 e. The van der Waals surface area contributed by atoms with Crippen molar-refractivity contribution in [1.82, 2.24) is 19.8 Å². The van der Waals surface area contributed by atoms with Gasteiger partial charge in [0.05, 0.1) is 11.4 Å². The number of aromatic nitrogens is 2. The molecule has 7 rings (SSSR count). The van der Waals surface area contributed by atoms with Crippen molar-refractivity contribution in [2.75, 3.05) is 14.1 Å². The lowest BCUT2D eigenvalue weighted by Crippen LogP contribution is -2.31. The van der Waals surface area contributed by atoms with Crippen LogP contribution in [0.1, 0.15) is 128 Å². The zero-order valence-corrected chi connectivity index (χ0v) is 37.7. The first kappa shape index (κ1) is 40.6. The van der Waals surface area contributed by atoms with Crippen molar-refractivity contribution >= 4 is 68.5 Å². The molecule has 0 saturated carbocycles. The molecular formula is C48H56N4S4. The number of fused-ring (bicyclic) bond motifs is 2. The summed E-state index contributed by atoms with van der Waals surface area (Å²) in [6.45, 7) is 13.9. The maximum absolute atomic E-state index is 6.11. The Morgan fingerprint density at radius 3 is 1.75 bits per heavy atom. The predicted molar refractivity (Wildman–Crippen MR) is 249 cm³/mol. The van der Waals surface area contributed by atoms with E-state index in [1.165, 1.54) is 93.0 Å². The normalized spacial score (nSPS) is 15.2. The highest BCUT2D eigenvalue weighted by atomic mass is 32.1. The van der Waals surface area contributed by atoms with Gasteiger partial charge in [0.1, 0.15) is 9.98 Å². The second-order valence-electron chi connectivity index (χ2n) is 16.6. The average molecular weight is 817 g/mol. The van der Waals surface area contributed by atoms with E-state index in [4.69, 9.17) is 34.4 Å². The van der Waals surface area contributed by atoms with Crippen LogP contribution in [0.4, 0.5) is 0 Å². The van der Waals surface area contributed by atoms with Crippen LogP contribution in [0, 0.1) is 5.41 Å². The number of nitrogens with zero attached hydrogens (tertiary/aromatic N) is 4. The van der Waals surface area contributed by atoms with Gasteiger partial charge in [-0.15, -0.1) is 22.7 Å². The number of hydrogen-bond donors (Lipinski definition) is 0. The molecule has 0 radical (unpaired) electrons. The van der Waals surface area contributed by atoms with Gasteiger partial charge in [-0.2, -0.15) is 0 Å². The second-order valence-corrected chi connectivity index (χ2v) is 19.6. The van der Waals surface area contributed by atoms with Gasteiger partial charge in [0.25, 0.3) is 0 Å². The van der Waals surface area contributed by atoms with Crippen LogP contribution in [0.15, 0.2) is 73.1 Å². The van der Waals surface area contributed by atoms with Gasteiger partial charge < -0.3 is 9.80 Å². The van der Waals surface area contributed by atoms with Gasteiger partial charge >= 0.3 is 0 Å². The van der Waals surface area contributed by atoms with Crippen LogP contribution in [-0.4, -0.2) is 43.8 Å². The molecule has 56 heavy (non-hydrogen) atoms. The Hall–Kier alpha value is -3.56. The molecule has 0 N–H and O–H groups in total. The van der Waals surface area contributed by atoms with Gasteiger partial charge in [0.15, 0.2) is 0 Å². The molecule has 0 aliphatic carbocycles. The highest BCUT2D eigenvalue weighted by Crippen LogP contribution is 2.42. The number of benzene rings is 1. The lowest BCUT2D eigenvalue weighted by Gasteiger charge is -2.35. The van der Waals surface area contributed by atoms with E-state index < -0.39 is 0 Å². The minimum absolute atomic E-state index is 0.0469. The zero-order valence-electron chi connectivity index (χ0n) is 34.4. The van der Waals surface area contributed by atoms with E-state index in [1.54, 1.807) is 0 Å². The monoisotopic (exact) mass is 816 g/mol. The molecule has 4 nitrogen and oxygen atoms in total. The topological polar surface area (TPSA) is 32.3 Å². The Bertz CT molecular complexity index is 2370. The van der Waals surface area contributed by atoms with Crippen LogP contribution in [-0.2, 0) is 5.41 Å². The van der Waals surface area contributed by atoms with Crippen molar-refractivity contribution in [2.45, 2.75) is 111 Å². The van der Waals surface area contributed by atoms with E-state index in [1.807, 2.05) is 28.9 Å². The molecule has 292 valence electrons. The number of pyridine rings is 2. The molecule has 2 aliphatic heterocycles. The number of unbranched alkanes of at least 4 members (excludes halogenated alkanes) is 5. The van der Waals surface area contributed by atoms with E-state index >= 15 is 0 Å². The molecule has 1 atom stereocenters. The molecular weight excluding hydrogens is 761 g/mol. The summed E-state index contributed by atoms with van der Waals surface area (Å²) < 4.78 is 0. The van der Waals surface area contributed by atoms with E-state index in [2.05, 4.69) is 132 Å². The zero-order chi connectivity index (χ0) is 39.8. The lowest BCUT2D eigenvalue weighted by molar-refractivity contribution is 0.340. The maximum atomic E-state index is 6.11. The Balaban J connectivity index is 1.12. The molecule has 4 aromatic heterocycles. The summed E-state index contributed by atoms with van der Waals surface area (Å²) in [6, 6.07) is 22.3. The molecule has 0 spiro atoms. The summed E-state index contributed by atoms with van der Waals surface area (Å²) in [5, 5.41) is 2.35. The number of hydrogen-bond acceptors (Lipinski definition) is 6. The molecule has 0 saturated heterocycles. The lowest BCUT2D eigenvalue weighted by atomic mass is 9.78. The van der Waals surface area contributed by atoms with Crippen LogP contribution in [0.5, 0.6) is 0 Å². The molecule has 8 heteroatoms. The first-order chi connectivity index (χ1) is 26.9. The minimum atomic E-state index is 0.0469. The van der Waals surface area contributed by atoms with Gasteiger partial charge in [0, 0.05) is 101 Å². The predicted octanol–water partition coefficient (Wildman–Crippen LogP) is 12.4. The third kappa shape index (κ3) is 7.71. The molecule has 0 fully saturated rings. The molecule has 1 unspecified atom stereocenters. The largest absolute Gasteiger partial charge is 0.338 e. The number of thiocarbonyl (C=S) groups is 2. The Morgan fingerprint density at radius 2 is 1.16 bits per heavy atom. The van der Waals surface area contributed by atoms with Crippen molar-refractivity contribution in [3.63, 3.8) is 0 Å². The Kier molecular flexibility index (Phi) is 12.1. The molecule has 5 aromatic rings. The first-order valence-electron chi connectivity index (χ1n) is 20.5. The summed E-state index contributed by atoms with van der Waals surface area (Å²) in [7, 11) is 4.21. The fourth-order valence-electron chi connectivity index (χ4n) is 8.53. The maximum Gasteiger partial charge on any atom is 0.114 e. The third-order valence-electron chi connectivity index (χ3n) is 12.2. The minimum Gasteiger partial charge on any atom is -0.338 e. The number of rotatable bonds is 16. The fourth-order valence-corrected chi connectivity index (χ4v) is 11.1. The number of thiophene rings is 2. The summed E-state index contributed by atoms with van der Waals surface area (Å²) in [4.78, 5) is 21.1. The second kappa shape index (κ2) is 16.7. The van der Waals surface area contributed by atoms with Crippen LogP contribution in [0.3, 0.4) is 0 Å². The highest BCUT2D eigenvalue weighted by molar-refractivity contribution is 7.81.